The van der Waals surface area contributed by atoms with Gasteiger partial charge in [0, 0.05) is 0 Å². The summed E-state index contributed by atoms with van der Waals surface area (Å²) in [4.78, 5) is 0. The van der Waals surface area contributed by atoms with E-state index in [9.17, 15) is 0 Å². The molecule has 7 rings (SSSR count). The molecule has 0 aromatic heterocycles. The van der Waals surface area contributed by atoms with Crippen LogP contribution in [-0.2, 0) is 28.4 Å². The molecule has 0 bridgehead atoms. The first kappa shape index (κ1) is 33.0. The Balaban J connectivity index is 1.01. The summed E-state index contributed by atoms with van der Waals surface area (Å²) in [5, 5.41) is 0. The summed E-state index contributed by atoms with van der Waals surface area (Å²) in [5.41, 5.74) is 2.50. The zero-order valence-corrected chi connectivity index (χ0v) is 29.9. The average Bonchev–Trinajstić information content (AvgIpc) is 3.68. The molecule has 0 unspecified atom stereocenters. The van der Waals surface area contributed by atoms with Crippen LogP contribution in [0, 0.1) is 46.3 Å². The lowest BCUT2D eigenvalue weighted by Crippen LogP contribution is -2.51. The van der Waals surface area contributed by atoms with E-state index in [-0.39, 0.29) is 30.5 Å². The standard InChI is InChI=1S/C39H64O6/c1-23(2)11-10-12-24(3)28-15-16-29-27-14-13-25-21-26(17-19-38(25,8)30(27)18-20-39(28,29)9)41-35-34-33(44-37(6,7)45-34)32(42-35)31-22-40-36(4,5)43-31/h13,23-24,26-35H,10-12,14-22H2,1-9H3/t24-,26+,27+,28-,29+,30+,31+,32-,33+,34+,35+,38+,39-/m1/s1. The molecule has 0 N–H and O–H groups in total. The molecule has 0 aromatic carbocycles. The van der Waals surface area contributed by atoms with Crippen molar-refractivity contribution >= 4 is 0 Å². The quantitative estimate of drug-likeness (QED) is 0.251. The minimum atomic E-state index is -0.666. The first-order valence-electron chi connectivity index (χ1n) is 18.9. The van der Waals surface area contributed by atoms with Gasteiger partial charge < -0.3 is 28.4 Å². The van der Waals surface area contributed by atoms with Crippen LogP contribution < -0.4 is 0 Å². The van der Waals surface area contributed by atoms with Gasteiger partial charge in [0.05, 0.1) is 12.7 Å². The fourth-order valence-electron chi connectivity index (χ4n) is 11.8. The maximum Gasteiger partial charge on any atom is 0.187 e. The van der Waals surface area contributed by atoms with E-state index in [4.69, 9.17) is 28.4 Å². The summed E-state index contributed by atoms with van der Waals surface area (Å²) < 4.78 is 38.3. The lowest BCUT2D eigenvalue weighted by molar-refractivity contribution is -0.259. The molecule has 0 radical (unpaired) electrons. The molecule has 3 aliphatic heterocycles. The summed E-state index contributed by atoms with van der Waals surface area (Å²) in [5.74, 6) is 3.90. The molecule has 6 nitrogen and oxygen atoms in total. The average molecular weight is 629 g/mol. The predicted octanol–water partition coefficient (Wildman–Crippen LogP) is 8.81. The van der Waals surface area contributed by atoms with E-state index < -0.39 is 17.9 Å². The molecule has 6 fully saturated rings. The van der Waals surface area contributed by atoms with Crippen molar-refractivity contribution in [1.29, 1.82) is 0 Å². The molecule has 3 saturated carbocycles. The second-order valence-electron chi connectivity index (χ2n) is 18.2. The lowest BCUT2D eigenvalue weighted by atomic mass is 9.47. The van der Waals surface area contributed by atoms with Gasteiger partial charge >= 0.3 is 0 Å². The third-order valence-electron chi connectivity index (χ3n) is 14.0. The van der Waals surface area contributed by atoms with Crippen molar-refractivity contribution in [2.45, 2.75) is 181 Å². The number of rotatable bonds is 8. The third-order valence-corrected chi connectivity index (χ3v) is 14.0. The van der Waals surface area contributed by atoms with Crippen LogP contribution in [0.4, 0.5) is 0 Å². The zero-order valence-electron chi connectivity index (χ0n) is 29.9. The van der Waals surface area contributed by atoms with E-state index in [2.05, 4.69) is 40.7 Å². The Bertz CT molecular complexity index is 1110. The van der Waals surface area contributed by atoms with Crippen LogP contribution >= 0.6 is 0 Å². The van der Waals surface area contributed by atoms with E-state index in [0.717, 1.165) is 48.3 Å². The second kappa shape index (κ2) is 11.8. The number of allylic oxidation sites excluding steroid dienone is 1. The summed E-state index contributed by atoms with van der Waals surface area (Å²) in [7, 11) is 0. The van der Waals surface area contributed by atoms with Gasteiger partial charge in [0.1, 0.15) is 24.4 Å². The molecule has 45 heavy (non-hydrogen) atoms. The summed E-state index contributed by atoms with van der Waals surface area (Å²) in [6.45, 7) is 21.0. The van der Waals surface area contributed by atoms with Crippen LogP contribution in [0.15, 0.2) is 11.6 Å². The molecule has 4 aliphatic carbocycles. The number of ether oxygens (including phenoxy) is 6. The number of hydrogen-bond donors (Lipinski definition) is 0. The van der Waals surface area contributed by atoms with Gasteiger partial charge in [-0.15, -0.1) is 0 Å². The highest BCUT2D eigenvalue weighted by molar-refractivity contribution is 5.25. The van der Waals surface area contributed by atoms with Crippen molar-refractivity contribution in [1.82, 2.24) is 0 Å². The monoisotopic (exact) mass is 628 g/mol. The van der Waals surface area contributed by atoms with Crippen molar-refractivity contribution in [2.75, 3.05) is 6.61 Å². The Kier molecular flexibility index (Phi) is 8.68. The summed E-state index contributed by atoms with van der Waals surface area (Å²) >= 11 is 0. The number of hydrogen-bond acceptors (Lipinski definition) is 6. The van der Waals surface area contributed by atoms with Crippen molar-refractivity contribution in [3.8, 4) is 0 Å². The van der Waals surface area contributed by atoms with E-state index in [1.807, 2.05) is 27.7 Å². The molecule has 0 aromatic rings. The van der Waals surface area contributed by atoms with E-state index in [1.165, 1.54) is 57.8 Å². The van der Waals surface area contributed by atoms with Crippen LogP contribution in [0.5, 0.6) is 0 Å². The van der Waals surface area contributed by atoms with E-state index in [0.29, 0.717) is 17.4 Å². The molecule has 3 saturated heterocycles. The fraction of sp³-hybridized carbons (Fsp3) is 0.949. The molecule has 0 amide bonds. The van der Waals surface area contributed by atoms with E-state index >= 15 is 0 Å². The highest BCUT2D eigenvalue weighted by Gasteiger charge is 2.62. The Labute approximate surface area is 274 Å². The Morgan fingerprint density at radius 2 is 1.60 bits per heavy atom. The normalized spacial score (nSPS) is 48.9. The maximum absolute atomic E-state index is 6.84. The molecular formula is C39H64O6. The molecule has 3 heterocycles. The van der Waals surface area contributed by atoms with Gasteiger partial charge in [-0.05, 0) is 125 Å². The van der Waals surface area contributed by atoms with Crippen molar-refractivity contribution in [2.24, 2.45) is 46.3 Å². The van der Waals surface area contributed by atoms with Crippen LogP contribution in [-0.4, -0.2) is 55.0 Å². The van der Waals surface area contributed by atoms with Gasteiger partial charge in [0.15, 0.2) is 17.9 Å². The molecule has 0 spiro atoms. The topological polar surface area (TPSA) is 55.4 Å². The molecule has 7 aliphatic rings. The van der Waals surface area contributed by atoms with Crippen LogP contribution in [0.1, 0.15) is 133 Å². The lowest BCUT2D eigenvalue weighted by Gasteiger charge is -2.58. The predicted molar refractivity (Wildman–Crippen MR) is 175 cm³/mol. The van der Waals surface area contributed by atoms with Crippen molar-refractivity contribution < 1.29 is 28.4 Å². The number of fused-ring (bicyclic) bond motifs is 6. The van der Waals surface area contributed by atoms with Gasteiger partial charge in [0.25, 0.3) is 0 Å². The van der Waals surface area contributed by atoms with Crippen LogP contribution in [0.2, 0.25) is 0 Å². The smallest absolute Gasteiger partial charge is 0.187 e. The van der Waals surface area contributed by atoms with Gasteiger partial charge in [0.2, 0.25) is 0 Å². The third kappa shape index (κ3) is 5.92. The fourth-order valence-corrected chi connectivity index (χ4v) is 11.8. The van der Waals surface area contributed by atoms with Gasteiger partial charge in [-0.2, -0.15) is 0 Å². The SMILES string of the molecule is CC(C)CCC[C@@H](C)[C@H]1CC[C@H]2[C@@H]3CC=C4C[C@@H](O[C@H]5O[C@H]([C@@H]6COC(C)(C)O6)[C@@H]6OC(C)(C)O[C@H]56)CC[C@]4(C)[C@H]3CC[C@]12C. The van der Waals surface area contributed by atoms with Crippen LogP contribution in [0.25, 0.3) is 0 Å². The van der Waals surface area contributed by atoms with Crippen molar-refractivity contribution in [3.63, 3.8) is 0 Å². The molecule has 6 heteroatoms. The van der Waals surface area contributed by atoms with E-state index in [1.54, 1.807) is 5.57 Å². The van der Waals surface area contributed by atoms with Gasteiger partial charge in [-0.1, -0.05) is 65.5 Å². The molecular weight excluding hydrogens is 564 g/mol. The minimum absolute atomic E-state index is 0.145. The largest absolute Gasteiger partial charge is 0.348 e. The highest BCUT2D eigenvalue weighted by Crippen LogP contribution is 2.67. The summed E-state index contributed by atoms with van der Waals surface area (Å²) in [6.07, 6.45) is 16.0. The zero-order chi connectivity index (χ0) is 31.9. The summed E-state index contributed by atoms with van der Waals surface area (Å²) in [6, 6.07) is 0. The van der Waals surface area contributed by atoms with Gasteiger partial charge in [-0.25, -0.2) is 0 Å². The first-order chi connectivity index (χ1) is 21.2. The Morgan fingerprint density at radius 3 is 2.33 bits per heavy atom. The van der Waals surface area contributed by atoms with Gasteiger partial charge in [-0.3, -0.25) is 0 Å². The minimum Gasteiger partial charge on any atom is -0.348 e. The van der Waals surface area contributed by atoms with Crippen LogP contribution in [0.3, 0.4) is 0 Å². The molecule has 256 valence electrons. The maximum atomic E-state index is 6.84. The highest BCUT2D eigenvalue weighted by atomic mass is 16.8. The van der Waals surface area contributed by atoms with Crippen molar-refractivity contribution in [3.05, 3.63) is 11.6 Å². The Hall–Kier alpha value is -0.500. The first-order valence-corrected chi connectivity index (χ1v) is 18.9. The molecule has 13 atom stereocenters. The second-order valence-corrected chi connectivity index (χ2v) is 18.2. The Morgan fingerprint density at radius 1 is 0.822 bits per heavy atom.